The molecule has 2 aromatic heterocycles. The Labute approximate surface area is 99.0 Å². The Kier molecular flexibility index (Phi) is 2.14. The average Bonchev–Trinajstić information content (AvgIpc) is 2.74. The van der Waals surface area contributed by atoms with E-state index in [0.29, 0.717) is 0 Å². The van der Waals surface area contributed by atoms with Crippen LogP contribution in [0.2, 0.25) is 0 Å². The number of nitrogens with zero attached hydrogens (tertiary/aromatic N) is 4. The standard InChI is InChI=1S/C13H12N4/c1-9-15-10(2)17-13(16-9)12(8-14-17)11-6-4-3-5-7-11/h3-8H,1-2H3. The molecule has 0 aliphatic heterocycles. The lowest BCUT2D eigenvalue weighted by Gasteiger charge is -2.01. The van der Waals surface area contributed by atoms with Gasteiger partial charge in [0.05, 0.1) is 6.20 Å². The summed E-state index contributed by atoms with van der Waals surface area (Å²) in [4.78, 5) is 8.76. The first-order chi connectivity index (χ1) is 8.25. The van der Waals surface area contributed by atoms with Crippen LogP contribution in [0.15, 0.2) is 36.5 Å². The Morgan fingerprint density at radius 1 is 1.00 bits per heavy atom. The highest BCUT2D eigenvalue weighted by molar-refractivity contribution is 5.76. The number of hydrogen-bond donors (Lipinski definition) is 0. The molecule has 84 valence electrons. The summed E-state index contributed by atoms with van der Waals surface area (Å²) in [5, 5.41) is 4.33. The normalized spacial score (nSPS) is 10.9. The minimum atomic E-state index is 0.771. The van der Waals surface area contributed by atoms with Crippen LogP contribution >= 0.6 is 0 Å². The number of hydrogen-bond acceptors (Lipinski definition) is 3. The summed E-state index contributed by atoms with van der Waals surface area (Å²) in [5.41, 5.74) is 3.03. The van der Waals surface area contributed by atoms with Gasteiger partial charge in [-0.25, -0.2) is 14.5 Å². The van der Waals surface area contributed by atoms with Crippen molar-refractivity contribution >= 4 is 5.65 Å². The van der Waals surface area contributed by atoms with Gasteiger partial charge in [-0.3, -0.25) is 0 Å². The van der Waals surface area contributed by atoms with Crippen LogP contribution in [0, 0.1) is 13.8 Å². The van der Waals surface area contributed by atoms with E-state index in [1.54, 1.807) is 4.52 Å². The summed E-state index contributed by atoms with van der Waals surface area (Å²) < 4.78 is 1.77. The van der Waals surface area contributed by atoms with E-state index in [9.17, 15) is 0 Å². The van der Waals surface area contributed by atoms with Crippen LogP contribution in [0.4, 0.5) is 0 Å². The molecule has 0 fully saturated rings. The van der Waals surface area contributed by atoms with Gasteiger partial charge in [-0.1, -0.05) is 30.3 Å². The summed E-state index contributed by atoms with van der Waals surface area (Å²) in [6, 6.07) is 10.1. The molecule has 0 spiro atoms. The highest BCUT2D eigenvalue weighted by atomic mass is 15.3. The summed E-state index contributed by atoms with van der Waals surface area (Å²) in [7, 11) is 0. The molecule has 1 aromatic carbocycles. The van der Waals surface area contributed by atoms with Crippen molar-refractivity contribution < 1.29 is 0 Å². The van der Waals surface area contributed by atoms with Crippen molar-refractivity contribution in [1.82, 2.24) is 19.6 Å². The lowest BCUT2D eigenvalue weighted by atomic mass is 10.1. The Morgan fingerprint density at radius 2 is 1.76 bits per heavy atom. The maximum Gasteiger partial charge on any atom is 0.166 e. The predicted molar refractivity (Wildman–Crippen MR) is 65.7 cm³/mol. The van der Waals surface area contributed by atoms with Crippen LogP contribution in [0.3, 0.4) is 0 Å². The maximum atomic E-state index is 4.46. The van der Waals surface area contributed by atoms with Crippen LogP contribution in [0.25, 0.3) is 16.8 Å². The molecule has 0 N–H and O–H groups in total. The number of fused-ring (bicyclic) bond motifs is 1. The molecule has 0 unspecified atom stereocenters. The molecule has 0 saturated carbocycles. The molecule has 0 amide bonds. The van der Waals surface area contributed by atoms with Crippen molar-refractivity contribution in [3.63, 3.8) is 0 Å². The highest BCUT2D eigenvalue weighted by Gasteiger charge is 2.10. The lowest BCUT2D eigenvalue weighted by Crippen LogP contribution is -2.01. The first-order valence-electron chi connectivity index (χ1n) is 5.50. The fourth-order valence-electron chi connectivity index (χ4n) is 1.97. The summed E-state index contributed by atoms with van der Waals surface area (Å²) in [5.74, 6) is 1.63. The molecule has 4 heteroatoms. The molecule has 4 nitrogen and oxygen atoms in total. The van der Waals surface area contributed by atoms with Crippen molar-refractivity contribution in [2.45, 2.75) is 13.8 Å². The largest absolute Gasteiger partial charge is 0.219 e. The van der Waals surface area contributed by atoms with Gasteiger partial charge >= 0.3 is 0 Å². The topological polar surface area (TPSA) is 43.1 Å². The number of aryl methyl sites for hydroxylation is 2. The van der Waals surface area contributed by atoms with Gasteiger partial charge in [0.2, 0.25) is 0 Å². The van der Waals surface area contributed by atoms with E-state index in [1.807, 2.05) is 38.2 Å². The van der Waals surface area contributed by atoms with Crippen molar-refractivity contribution in [3.05, 3.63) is 48.2 Å². The van der Waals surface area contributed by atoms with Crippen molar-refractivity contribution in [3.8, 4) is 11.1 Å². The molecule has 0 aliphatic rings. The lowest BCUT2D eigenvalue weighted by molar-refractivity contribution is 0.818. The van der Waals surface area contributed by atoms with Crippen LogP contribution < -0.4 is 0 Å². The zero-order valence-corrected chi connectivity index (χ0v) is 9.75. The van der Waals surface area contributed by atoms with Gasteiger partial charge in [-0.15, -0.1) is 0 Å². The number of benzene rings is 1. The fraction of sp³-hybridized carbons (Fsp3) is 0.154. The van der Waals surface area contributed by atoms with Gasteiger partial charge in [-0.2, -0.15) is 5.10 Å². The smallest absolute Gasteiger partial charge is 0.166 e. The van der Waals surface area contributed by atoms with Gasteiger partial charge in [0.15, 0.2) is 5.65 Å². The Bertz CT molecular complexity index is 670. The molecule has 3 aromatic rings. The van der Waals surface area contributed by atoms with E-state index >= 15 is 0 Å². The van der Waals surface area contributed by atoms with Crippen LogP contribution in [-0.2, 0) is 0 Å². The van der Waals surface area contributed by atoms with Gasteiger partial charge < -0.3 is 0 Å². The monoisotopic (exact) mass is 224 g/mol. The molecule has 0 bridgehead atoms. The quantitative estimate of drug-likeness (QED) is 0.637. The van der Waals surface area contributed by atoms with Crippen LogP contribution in [-0.4, -0.2) is 19.6 Å². The van der Waals surface area contributed by atoms with Crippen molar-refractivity contribution in [2.24, 2.45) is 0 Å². The van der Waals surface area contributed by atoms with Gasteiger partial charge in [-0.05, 0) is 19.4 Å². The first kappa shape index (κ1) is 9.96. The molecule has 17 heavy (non-hydrogen) atoms. The third-order valence-electron chi connectivity index (χ3n) is 2.73. The second-order valence-electron chi connectivity index (χ2n) is 3.98. The molecule has 0 aliphatic carbocycles. The third kappa shape index (κ3) is 1.58. The molecule has 2 heterocycles. The summed E-state index contributed by atoms with van der Waals surface area (Å²) in [6.07, 6.45) is 1.84. The maximum absolute atomic E-state index is 4.46. The Balaban J connectivity index is 2.32. The van der Waals surface area contributed by atoms with Gasteiger partial charge in [0, 0.05) is 5.56 Å². The number of aromatic nitrogens is 4. The Morgan fingerprint density at radius 3 is 2.53 bits per heavy atom. The first-order valence-corrected chi connectivity index (χ1v) is 5.50. The SMILES string of the molecule is Cc1nc(C)n2ncc(-c3ccccc3)c2n1. The zero-order chi connectivity index (χ0) is 11.8. The average molecular weight is 224 g/mol. The van der Waals surface area contributed by atoms with Crippen LogP contribution in [0.5, 0.6) is 0 Å². The molecule has 3 rings (SSSR count). The second-order valence-corrected chi connectivity index (χ2v) is 3.98. The zero-order valence-electron chi connectivity index (χ0n) is 9.75. The molecule has 0 radical (unpaired) electrons. The van der Waals surface area contributed by atoms with E-state index in [2.05, 4.69) is 27.2 Å². The van der Waals surface area contributed by atoms with Crippen molar-refractivity contribution in [2.75, 3.05) is 0 Å². The van der Waals surface area contributed by atoms with E-state index in [0.717, 1.165) is 28.4 Å². The molecular weight excluding hydrogens is 212 g/mol. The third-order valence-corrected chi connectivity index (χ3v) is 2.73. The van der Waals surface area contributed by atoms with E-state index in [-0.39, 0.29) is 0 Å². The summed E-state index contributed by atoms with van der Waals surface area (Å²) >= 11 is 0. The van der Waals surface area contributed by atoms with Gasteiger partial charge in [0.1, 0.15) is 11.6 Å². The minimum Gasteiger partial charge on any atom is -0.219 e. The second kappa shape index (κ2) is 3.66. The highest BCUT2D eigenvalue weighted by Crippen LogP contribution is 2.23. The Hall–Kier alpha value is -2.23. The van der Waals surface area contributed by atoms with E-state index < -0.39 is 0 Å². The van der Waals surface area contributed by atoms with Gasteiger partial charge in [0.25, 0.3) is 0 Å². The minimum absolute atomic E-state index is 0.771. The van der Waals surface area contributed by atoms with E-state index in [4.69, 9.17) is 0 Å². The fourth-order valence-corrected chi connectivity index (χ4v) is 1.97. The molecule has 0 saturated heterocycles. The molecular formula is C13H12N4. The predicted octanol–water partition coefficient (Wildman–Crippen LogP) is 2.41. The summed E-state index contributed by atoms with van der Waals surface area (Å²) in [6.45, 7) is 3.83. The van der Waals surface area contributed by atoms with E-state index in [1.165, 1.54) is 0 Å². The van der Waals surface area contributed by atoms with Crippen molar-refractivity contribution in [1.29, 1.82) is 0 Å². The van der Waals surface area contributed by atoms with Crippen LogP contribution in [0.1, 0.15) is 11.6 Å². The molecule has 0 atom stereocenters. The number of rotatable bonds is 1.